The van der Waals surface area contributed by atoms with Crippen LogP contribution in [0.4, 0.5) is 5.82 Å². The first-order valence-electron chi connectivity index (χ1n) is 8.33. The van der Waals surface area contributed by atoms with Crippen LogP contribution >= 0.6 is 0 Å². The molecule has 4 heteroatoms. The number of morpholine rings is 1. The molecule has 0 unspecified atom stereocenters. The van der Waals surface area contributed by atoms with Gasteiger partial charge in [0.1, 0.15) is 5.82 Å². The molecule has 3 rings (SSSR count). The quantitative estimate of drug-likeness (QED) is 0.852. The van der Waals surface area contributed by atoms with Gasteiger partial charge in [0.25, 0.3) is 0 Å². The summed E-state index contributed by atoms with van der Waals surface area (Å²) in [5.74, 6) is 1.14. The van der Waals surface area contributed by atoms with Gasteiger partial charge in [-0.3, -0.25) is 4.90 Å². The van der Waals surface area contributed by atoms with Crippen molar-refractivity contribution in [3.05, 3.63) is 23.4 Å². The molecule has 1 atom stereocenters. The van der Waals surface area contributed by atoms with Crippen LogP contribution in [0.3, 0.4) is 0 Å². The first-order valence-corrected chi connectivity index (χ1v) is 8.33. The molecule has 21 heavy (non-hydrogen) atoms. The maximum atomic E-state index is 5.43. The molecular formula is C17H27N3O. The molecule has 1 aromatic rings. The molecule has 2 aliphatic heterocycles. The molecule has 0 aromatic carbocycles. The van der Waals surface area contributed by atoms with E-state index in [9.17, 15) is 0 Å². The topological polar surface area (TPSA) is 28.6 Å². The molecule has 2 saturated heterocycles. The van der Waals surface area contributed by atoms with Crippen LogP contribution in [0.1, 0.15) is 43.4 Å². The standard InChI is InChI=1S/C17H27N3O/c1-3-6-19-7-4-5-16(19)15-12-14(2)17(18-13-15)20-8-10-21-11-9-20/h12-13,16H,3-11H2,1-2H3/t16-/m1/s1. The van der Waals surface area contributed by atoms with E-state index < -0.39 is 0 Å². The average molecular weight is 289 g/mol. The number of ether oxygens (including phenoxy) is 1. The first-order chi connectivity index (χ1) is 10.3. The van der Waals surface area contributed by atoms with Crippen molar-refractivity contribution >= 4 is 5.82 Å². The fraction of sp³-hybridized carbons (Fsp3) is 0.706. The molecule has 4 nitrogen and oxygen atoms in total. The summed E-state index contributed by atoms with van der Waals surface area (Å²) in [7, 11) is 0. The van der Waals surface area contributed by atoms with Crippen LogP contribution < -0.4 is 4.90 Å². The van der Waals surface area contributed by atoms with Gasteiger partial charge < -0.3 is 9.64 Å². The van der Waals surface area contributed by atoms with Gasteiger partial charge in [-0.1, -0.05) is 6.92 Å². The number of rotatable bonds is 4. The van der Waals surface area contributed by atoms with E-state index in [4.69, 9.17) is 9.72 Å². The second kappa shape index (κ2) is 6.75. The van der Waals surface area contributed by atoms with Crippen LogP contribution in [0, 0.1) is 6.92 Å². The molecule has 2 aliphatic rings. The minimum Gasteiger partial charge on any atom is -0.378 e. The molecular weight excluding hydrogens is 262 g/mol. The van der Waals surface area contributed by atoms with E-state index in [0.29, 0.717) is 6.04 Å². The molecule has 1 aromatic heterocycles. The zero-order chi connectivity index (χ0) is 14.7. The molecule has 2 fully saturated rings. The van der Waals surface area contributed by atoms with Crippen LogP contribution in [0.2, 0.25) is 0 Å². The molecule has 0 N–H and O–H groups in total. The Kier molecular flexibility index (Phi) is 4.76. The Morgan fingerprint density at radius 2 is 2.10 bits per heavy atom. The lowest BCUT2D eigenvalue weighted by Crippen LogP contribution is -2.37. The highest BCUT2D eigenvalue weighted by Gasteiger charge is 2.26. The number of likely N-dealkylation sites (tertiary alicyclic amines) is 1. The van der Waals surface area contributed by atoms with Gasteiger partial charge in [-0.15, -0.1) is 0 Å². The fourth-order valence-corrected chi connectivity index (χ4v) is 3.64. The zero-order valence-electron chi connectivity index (χ0n) is 13.3. The van der Waals surface area contributed by atoms with Crippen LogP contribution in [0.15, 0.2) is 12.3 Å². The molecule has 0 amide bonds. The Morgan fingerprint density at radius 3 is 2.81 bits per heavy atom. The summed E-state index contributed by atoms with van der Waals surface area (Å²) in [6, 6.07) is 2.94. The lowest BCUT2D eigenvalue weighted by atomic mass is 10.0. The monoisotopic (exact) mass is 289 g/mol. The summed E-state index contributed by atoms with van der Waals surface area (Å²) < 4.78 is 5.43. The summed E-state index contributed by atoms with van der Waals surface area (Å²) in [5, 5.41) is 0. The van der Waals surface area contributed by atoms with E-state index >= 15 is 0 Å². The van der Waals surface area contributed by atoms with E-state index in [1.807, 2.05) is 0 Å². The van der Waals surface area contributed by atoms with E-state index in [1.165, 1.54) is 43.5 Å². The van der Waals surface area contributed by atoms with Gasteiger partial charge in [0.05, 0.1) is 13.2 Å². The Balaban J connectivity index is 1.77. The maximum Gasteiger partial charge on any atom is 0.131 e. The molecule has 116 valence electrons. The number of aryl methyl sites for hydroxylation is 1. The first kappa shape index (κ1) is 14.8. The summed E-state index contributed by atoms with van der Waals surface area (Å²) in [6.45, 7) is 10.4. The number of nitrogens with zero attached hydrogens (tertiary/aromatic N) is 3. The van der Waals surface area contributed by atoms with Crippen LogP contribution in [0.25, 0.3) is 0 Å². The molecule has 0 saturated carbocycles. The number of hydrogen-bond donors (Lipinski definition) is 0. The molecule has 0 bridgehead atoms. The van der Waals surface area contributed by atoms with E-state index in [-0.39, 0.29) is 0 Å². The summed E-state index contributed by atoms with van der Waals surface area (Å²) >= 11 is 0. The van der Waals surface area contributed by atoms with E-state index in [2.05, 4.69) is 35.9 Å². The second-order valence-electron chi connectivity index (χ2n) is 6.20. The number of aromatic nitrogens is 1. The molecule has 0 aliphatic carbocycles. The van der Waals surface area contributed by atoms with Gasteiger partial charge >= 0.3 is 0 Å². The second-order valence-corrected chi connectivity index (χ2v) is 6.20. The van der Waals surface area contributed by atoms with Crippen molar-refractivity contribution in [2.45, 2.75) is 39.2 Å². The maximum absolute atomic E-state index is 5.43. The third-order valence-corrected chi connectivity index (χ3v) is 4.64. The molecule has 3 heterocycles. The third-order valence-electron chi connectivity index (χ3n) is 4.64. The third kappa shape index (κ3) is 3.22. The number of anilines is 1. The lowest BCUT2D eigenvalue weighted by molar-refractivity contribution is 0.122. The summed E-state index contributed by atoms with van der Waals surface area (Å²) in [4.78, 5) is 9.75. The van der Waals surface area contributed by atoms with E-state index in [0.717, 1.165) is 32.1 Å². The normalized spacial score (nSPS) is 23.7. The Labute approximate surface area is 128 Å². The van der Waals surface area contributed by atoms with Crippen molar-refractivity contribution in [1.29, 1.82) is 0 Å². The van der Waals surface area contributed by atoms with Gasteiger partial charge in [-0.05, 0) is 56.5 Å². The minimum absolute atomic E-state index is 0.579. The largest absolute Gasteiger partial charge is 0.378 e. The van der Waals surface area contributed by atoms with Gasteiger partial charge in [-0.2, -0.15) is 0 Å². The van der Waals surface area contributed by atoms with Crippen molar-refractivity contribution in [2.75, 3.05) is 44.3 Å². The molecule has 0 spiro atoms. The van der Waals surface area contributed by atoms with Crippen molar-refractivity contribution in [3.63, 3.8) is 0 Å². The number of pyridine rings is 1. The number of hydrogen-bond acceptors (Lipinski definition) is 4. The highest BCUT2D eigenvalue weighted by atomic mass is 16.5. The predicted molar refractivity (Wildman–Crippen MR) is 85.8 cm³/mol. The van der Waals surface area contributed by atoms with Crippen LogP contribution in [0.5, 0.6) is 0 Å². The Morgan fingerprint density at radius 1 is 1.29 bits per heavy atom. The average Bonchev–Trinajstić information content (AvgIpc) is 2.97. The van der Waals surface area contributed by atoms with Gasteiger partial charge in [0, 0.05) is 25.3 Å². The Bertz CT molecular complexity index is 471. The highest BCUT2D eigenvalue weighted by Crippen LogP contribution is 2.33. The zero-order valence-corrected chi connectivity index (χ0v) is 13.3. The van der Waals surface area contributed by atoms with Crippen molar-refractivity contribution in [3.8, 4) is 0 Å². The predicted octanol–water partition coefficient (Wildman–Crippen LogP) is 2.77. The van der Waals surface area contributed by atoms with Crippen molar-refractivity contribution in [2.24, 2.45) is 0 Å². The van der Waals surface area contributed by atoms with Gasteiger partial charge in [0.2, 0.25) is 0 Å². The van der Waals surface area contributed by atoms with Gasteiger partial charge in [-0.25, -0.2) is 4.98 Å². The lowest BCUT2D eigenvalue weighted by Gasteiger charge is -2.30. The highest BCUT2D eigenvalue weighted by molar-refractivity contribution is 5.48. The van der Waals surface area contributed by atoms with Crippen molar-refractivity contribution < 1.29 is 4.74 Å². The molecule has 0 radical (unpaired) electrons. The SMILES string of the molecule is CCCN1CCC[C@@H]1c1cnc(N2CCOCC2)c(C)c1. The fourth-order valence-electron chi connectivity index (χ4n) is 3.64. The Hall–Kier alpha value is -1.13. The van der Waals surface area contributed by atoms with Crippen LogP contribution in [-0.2, 0) is 4.74 Å². The summed E-state index contributed by atoms with van der Waals surface area (Å²) in [5.41, 5.74) is 2.70. The van der Waals surface area contributed by atoms with Gasteiger partial charge in [0.15, 0.2) is 0 Å². The van der Waals surface area contributed by atoms with E-state index in [1.54, 1.807) is 0 Å². The summed E-state index contributed by atoms with van der Waals surface area (Å²) in [6.07, 6.45) is 5.93. The van der Waals surface area contributed by atoms with Crippen LogP contribution in [-0.4, -0.2) is 49.3 Å². The smallest absolute Gasteiger partial charge is 0.131 e. The van der Waals surface area contributed by atoms with Crippen molar-refractivity contribution in [1.82, 2.24) is 9.88 Å². The minimum atomic E-state index is 0.579.